The van der Waals surface area contributed by atoms with Crippen LogP contribution >= 0.6 is 11.3 Å². The summed E-state index contributed by atoms with van der Waals surface area (Å²) >= 11 is 1.18. The first-order valence-corrected chi connectivity index (χ1v) is 6.76. The van der Waals surface area contributed by atoms with E-state index in [0.717, 1.165) is 6.07 Å². The van der Waals surface area contributed by atoms with E-state index in [4.69, 9.17) is 5.73 Å². The lowest BCUT2D eigenvalue weighted by atomic mass is 10.2. The normalized spacial score (nSPS) is 11.7. The highest BCUT2D eigenvalue weighted by Gasteiger charge is 2.18. The number of aromatic nitrogens is 4. The highest BCUT2D eigenvalue weighted by molar-refractivity contribution is 7.19. The number of nitrogens with two attached hydrogens (primary N) is 1. The molecule has 0 radical (unpaired) electrons. The molecule has 0 saturated carbocycles. The van der Waals surface area contributed by atoms with Gasteiger partial charge in [-0.1, -0.05) is 25.2 Å². The van der Waals surface area contributed by atoms with Gasteiger partial charge in [0.2, 0.25) is 4.96 Å². The van der Waals surface area contributed by atoms with Crippen molar-refractivity contribution in [2.45, 2.75) is 19.8 Å². The molecule has 0 atom stereocenters. The molecule has 0 saturated heterocycles. The van der Waals surface area contributed by atoms with Crippen molar-refractivity contribution in [3.8, 4) is 10.6 Å². The van der Waals surface area contributed by atoms with Gasteiger partial charge >= 0.3 is 0 Å². The molecule has 2 N–H and O–H groups in total. The van der Waals surface area contributed by atoms with Crippen molar-refractivity contribution in [3.05, 3.63) is 29.6 Å². The predicted molar refractivity (Wildman–Crippen MR) is 72.5 cm³/mol. The molecule has 0 bridgehead atoms. The van der Waals surface area contributed by atoms with E-state index in [9.17, 15) is 8.78 Å². The number of nitrogen functional groups attached to an aromatic ring is 1. The molecule has 0 spiro atoms. The van der Waals surface area contributed by atoms with Gasteiger partial charge in [-0.2, -0.15) is 9.61 Å². The number of anilines is 1. The Hall–Kier alpha value is -2.09. The monoisotopic (exact) mass is 295 g/mol. The van der Waals surface area contributed by atoms with Crippen LogP contribution in [-0.2, 0) is 0 Å². The molecule has 2 heterocycles. The van der Waals surface area contributed by atoms with E-state index < -0.39 is 11.6 Å². The molecule has 0 aliphatic heterocycles. The molecule has 1 aromatic carbocycles. The summed E-state index contributed by atoms with van der Waals surface area (Å²) in [7, 11) is 0. The van der Waals surface area contributed by atoms with Gasteiger partial charge in [0.25, 0.3) is 0 Å². The third kappa shape index (κ3) is 1.92. The third-order valence-electron chi connectivity index (χ3n) is 2.85. The zero-order valence-electron chi connectivity index (χ0n) is 10.8. The molecule has 5 nitrogen and oxygen atoms in total. The molecule has 20 heavy (non-hydrogen) atoms. The molecule has 0 fully saturated rings. The smallest absolute Gasteiger partial charge is 0.234 e. The van der Waals surface area contributed by atoms with E-state index in [0.29, 0.717) is 15.8 Å². The first kappa shape index (κ1) is 12.9. The summed E-state index contributed by atoms with van der Waals surface area (Å²) in [6.07, 6.45) is 0. The lowest BCUT2D eigenvalue weighted by Gasteiger charge is -2.02. The summed E-state index contributed by atoms with van der Waals surface area (Å²) in [4.78, 5) is 0.561. The van der Waals surface area contributed by atoms with Crippen LogP contribution in [0.1, 0.15) is 25.6 Å². The Morgan fingerprint density at radius 1 is 1.20 bits per heavy atom. The van der Waals surface area contributed by atoms with E-state index in [1.807, 2.05) is 13.8 Å². The van der Waals surface area contributed by atoms with Gasteiger partial charge in [0.05, 0.1) is 11.3 Å². The number of hydrogen-bond donors (Lipinski definition) is 1. The summed E-state index contributed by atoms with van der Waals surface area (Å²) in [5.41, 5.74) is 5.52. The quantitative estimate of drug-likeness (QED) is 0.738. The molecular formula is C12H11F2N5S. The minimum absolute atomic E-state index is 0.114. The van der Waals surface area contributed by atoms with Gasteiger partial charge in [0.15, 0.2) is 10.8 Å². The van der Waals surface area contributed by atoms with Gasteiger partial charge in [-0.15, -0.1) is 10.2 Å². The van der Waals surface area contributed by atoms with Crippen LogP contribution in [0.5, 0.6) is 0 Å². The molecule has 0 unspecified atom stereocenters. The maximum absolute atomic E-state index is 13.8. The van der Waals surface area contributed by atoms with Crippen LogP contribution in [0.3, 0.4) is 0 Å². The van der Waals surface area contributed by atoms with Gasteiger partial charge in [0.1, 0.15) is 11.6 Å². The molecule has 104 valence electrons. The van der Waals surface area contributed by atoms with Crippen molar-refractivity contribution >= 4 is 22.0 Å². The Balaban J connectivity index is 2.18. The van der Waals surface area contributed by atoms with E-state index in [1.165, 1.54) is 17.4 Å². The topological polar surface area (TPSA) is 69.1 Å². The van der Waals surface area contributed by atoms with Gasteiger partial charge in [0, 0.05) is 12.0 Å². The molecule has 0 aliphatic carbocycles. The highest BCUT2D eigenvalue weighted by Crippen LogP contribution is 2.31. The molecule has 3 rings (SSSR count). The van der Waals surface area contributed by atoms with E-state index >= 15 is 0 Å². The van der Waals surface area contributed by atoms with Crippen LogP contribution in [0.15, 0.2) is 12.1 Å². The first-order chi connectivity index (χ1) is 9.47. The van der Waals surface area contributed by atoms with Crippen LogP contribution in [0.4, 0.5) is 14.5 Å². The van der Waals surface area contributed by atoms with Crippen molar-refractivity contribution in [1.82, 2.24) is 19.8 Å². The number of benzene rings is 1. The van der Waals surface area contributed by atoms with Crippen LogP contribution in [-0.4, -0.2) is 19.8 Å². The Bertz CT molecular complexity index is 793. The van der Waals surface area contributed by atoms with Gasteiger partial charge in [-0.05, 0) is 6.07 Å². The number of halogens is 2. The predicted octanol–water partition coefficient (Wildman–Crippen LogP) is 2.84. The van der Waals surface area contributed by atoms with Gasteiger partial charge < -0.3 is 5.73 Å². The summed E-state index contributed by atoms with van der Waals surface area (Å²) < 4.78 is 28.6. The van der Waals surface area contributed by atoms with Crippen LogP contribution < -0.4 is 5.73 Å². The SMILES string of the molecule is CC(C)c1nnc2sc(-c3cc(N)c(F)cc3F)nn12. The second-order valence-corrected chi connectivity index (χ2v) is 5.62. The molecule has 8 heteroatoms. The Morgan fingerprint density at radius 2 is 1.95 bits per heavy atom. The minimum Gasteiger partial charge on any atom is -0.396 e. The number of hydrogen-bond acceptors (Lipinski definition) is 5. The standard InChI is InChI=1S/C12H11F2N5S/c1-5(2)10-16-17-12-19(10)18-11(20-12)6-3-9(15)8(14)4-7(6)13/h3-5H,15H2,1-2H3. The lowest BCUT2D eigenvalue weighted by molar-refractivity contribution is 0.588. The first-order valence-electron chi connectivity index (χ1n) is 5.94. The average Bonchev–Trinajstić information content (AvgIpc) is 2.92. The summed E-state index contributed by atoms with van der Waals surface area (Å²) in [6.45, 7) is 3.93. The Kier molecular flexibility index (Phi) is 2.89. The number of rotatable bonds is 2. The third-order valence-corrected chi connectivity index (χ3v) is 3.78. The lowest BCUT2D eigenvalue weighted by Crippen LogP contribution is -1.99. The van der Waals surface area contributed by atoms with Gasteiger partial charge in [-0.3, -0.25) is 0 Å². The van der Waals surface area contributed by atoms with E-state index in [2.05, 4.69) is 15.3 Å². The molecule has 3 aromatic rings. The highest BCUT2D eigenvalue weighted by atomic mass is 32.1. The summed E-state index contributed by atoms with van der Waals surface area (Å²) in [5, 5.41) is 12.7. The summed E-state index contributed by atoms with van der Waals surface area (Å²) in [6, 6.07) is 2.00. The molecular weight excluding hydrogens is 284 g/mol. The second kappa shape index (κ2) is 4.48. The number of nitrogens with zero attached hydrogens (tertiary/aromatic N) is 4. The van der Waals surface area contributed by atoms with Crippen molar-refractivity contribution in [1.29, 1.82) is 0 Å². The van der Waals surface area contributed by atoms with Crippen molar-refractivity contribution in [2.24, 2.45) is 0 Å². The maximum atomic E-state index is 13.8. The summed E-state index contributed by atoms with van der Waals surface area (Å²) in [5.74, 6) is -0.647. The van der Waals surface area contributed by atoms with Crippen molar-refractivity contribution in [2.75, 3.05) is 5.73 Å². The number of fused-ring (bicyclic) bond motifs is 1. The fourth-order valence-corrected chi connectivity index (χ4v) is 2.69. The van der Waals surface area contributed by atoms with Crippen LogP contribution in [0.2, 0.25) is 0 Å². The van der Waals surface area contributed by atoms with Crippen LogP contribution in [0.25, 0.3) is 15.5 Å². The second-order valence-electron chi connectivity index (χ2n) is 4.67. The fraction of sp³-hybridized carbons (Fsp3) is 0.250. The zero-order valence-corrected chi connectivity index (χ0v) is 11.6. The van der Waals surface area contributed by atoms with E-state index in [1.54, 1.807) is 4.52 Å². The maximum Gasteiger partial charge on any atom is 0.234 e. The van der Waals surface area contributed by atoms with Gasteiger partial charge in [-0.25, -0.2) is 8.78 Å². The van der Waals surface area contributed by atoms with Crippen LogP contribution in [0, 0.1) is 11.6 Å². The Labute approximate surface area is 117 Å². The molecule has 0 amide bonds. The van der Waals surface area contributed by atoms with Crippen molar-refractivity contribution < 1.29 is 8.78 Å². The largest absolute Gasteiger partial charge is 0.396 e. The molecule has 2 aromatic heterocycles. The Morgan fingerprint density at radius 3 is 2.65 bits per heavy atom. The zero-order chi connectivity index (χ0) is 14.4. The average molecular weight is 295 g/mol. The van der Waals surface area contributed by atoms with Crippen molar-refractivity contribution in [3.63, 3.8) is 0 Å². The van der Waals surface area contributed by atoms with E-state index in [-0.39, 0.29) is 17.2 Å². The fourth-order valence-electron chi connectivity index (χ4n) is 1.83. The minimum atomic E-state index is -0.780. The molecule has 0 aliphatic rings.